The predicted octanol–water partition coefficient (Wildman–Crippen LogP) is 2.25. The summed E-state index contributed by atoms with van der Waals surface area (Å²) in [6.07, 6.45) is 3.35. The predicted molar refractivity (Wildman–Crippen MR) is 108 cm³/mol. The molecule has 10 heteroatoms. The van der Waals surface area contributed by atoms with Crippen LogP contribution in [0.3, 0.4) is 0 Å². The van der Waals surface area contributed by atoms with E-state index in [1.165, 1.54) is 13.2 Å². The maximum absolute atomic E-state index is 12.9. The van der Waals surface area contributed by atoms with Crippen LogP contribution in [0, 0.1) is 0 Å². The quantitative estimate of drug-likeness (QED) is 0.690. The fraction of sp³-hybridized carbons (Fsp3) is 0.333. The van der Waals surface area contributed by atoms with Gasteiger partial charge in [-0.2, -0.15) is 0 Å². The molecule has 1 amide bonds. The number of aromatic nitrogens is 1. The zero-order chi connectivity index (χ0) is 20.1. The molecule has 1 aromatic heterocycles. The number of nitrogens with one attached hydrogen (secondary N) is 1. The van der Waals surface area contributed by atoms with E-state index in [4.69, 9.17) is 20.9 Å². The van der Waals surface area contributed by atoms with Gasteiger partial charge in [-0.3, -0.25) is 24.0 Å². The average molecular weight is 425 g/mol. The molecular formula is C18H21ClN4O4S. The van der Waals surface area contributed by atoms with Crippen molar-refractivity contribution in [2.24, 2.45) is 0 Å². The van der Waals surface area contributed by atoms with E-state index in [-0.39, 0.29) is 5.91 Å². The first kappa shape index (κ1) is 20.5. The average Bonchev–Trinajstić information content (AvgIpc) is 2.69. The maximum Gasteiger partial charge on any atom is 0.259 e. The van der Waals surface area contributed by atoms with E-state index in [2.05, 4.69) is 14.6 Å². The third-order valence-electron chi connectivity index (χ3n) is 4.55. The maximum atomic E-state index is 12.9. The van der Waals surface area contributed by atoms with E-state index < -0.39 is 11.3 Å². The number of ether oxygens (including phenoxy) is 1. The van der Waals surface area contributed by atoms with Crippen molar-refractivity contribution in [3.05, 3.63) is 52.8 Å². The van der Waals surface area contributed by atoms with Crippen molar-refractivity contribution in [3.63, 3.8) is 0 Å². The topological polar surface area (TPSA) is 95.0 Å². The van der Waals surface area contributed by atoms with E-state index >= 15 is 0 Å². The molecule has 3 rings (SSSR count). The van der Waals surface area contributed by atoms with Gasteiger partial charge in [0.25, 0.3) is 17.2 Å². The highest BCUT2D eigenvalue weighted by atomic mass is 35.5. The first-order valence-corrected chi connectivity index (χ1v) is 10.1. The number of rotatable bonds is 6. The van der Waals surface area contributed by atoms with Crippen molar-refractivity contribution < 1.29 is 18.3 Å². The lowest BCUT2D eigenvalue weighted by Crippen LogP contribution is -2.48. The Morgan fingerprint density at radius 3 is 2.71 bits per heavy atom. The number of piperazine rings is 1. The zero-order valence-corrected chi connectivity index (χ0v) is 16.9. The van der Waals surface area contributed by atoms with Crippen LogP contribution in [-0.2, 0) is 17.8 Å². The molecule has 1 aromatic carbocycles. The van der Waals surface area contributed by atoms with Crippen molar-refractivity contribution in [2.45, 2.75) is 6.54 Å². The van der Waals surface area contributed by atoms with Crippen LogP contribution in [0.15, 0.2) is 36.7 Å². The fourth-order valence-corrected chi connectivity index (χ4v) is 3.59. The molecule has 1 atom stereocenters. The molecule has 1 aliphatic heterocycles. The third-order valence-corrected chi connectivity index (χ3v) is 5.30. The summed E-state index contributed by atoms with van der Waals surface area (Å²) in [5, 5.41) is 0.642. The van der Waals surface area contributed by atoms with Gasteiger partial charge in [-0.15, -0.1) is 0 Å². The highest BCUT2D eigenvalue weighted by Crippen LogP contribution is 2.25. The van der Waals surface area contributed by atoms with Gasteiger partial charge in [0.1, 0.15) is 5.75 Å². The number of anilines is 1. The zero-order valence-electron chi connectivity index (χ0n) is 15.3. The smallest absolute Gasteiger partial charge is 0.259 e. The standard InChI is InChI=1S/C18H21ClN4O4S/c1-27-17-10-14(21-28(25)26)2-3-15(17)18(24)23-8-6-22(7-9-23)12-13-4-5-20-11-16(13)19/h2-5,10-11,21H,6-9,12H2,1H3,(H,25,26). The number of nitrogens with zero attached hydrogens (tertiary/aromatic N) is 3. The van der Waals surface area contributed by atoms with E-state index in [1.807, 2.05) is 6.07 Å². The van der Waals surface area contributed by atoms with Crippen molar-refractivity contribution in [1.29, 1.82) is 0 Å². The minimum atomic E-state index is -2.19. The van der Waals surface area contributed by atoms with Gasteiger partial charge in [0, 0.05) is 51.2 Å². The van der Waals surface area contributed by atoms with Gasteiger partial charge in [-0.1, -0.05) is 11.6 Å². The molecule has 2 N–H and O–H groups in total. The van der Waals surface area contributed by atoms with E-state index in [9.17, 15) is 9.00 Å². The summed E-state index contributed by atoms with van der Waals surface area (Å²) in [5.41, 5.74) is 1.83. The minimum absolute atomic E-state index is 0.130. The highest BCUT2D eigenvalue weighted by molar-refractivity contribution is 7.80. The molecule has 1 unspecified atom stereocenters. The molecule has 0 spiro atoms. The molecule has 1 aliphatic rings. The summed E-state index contributed by atoms with van der Waals surface area (Å²) in [4.78, 5) is 20.9. The van der Waals surface area contributed by atoms with Crippen LogP contribution in [0.2, 0.25) is 5.02 Å². The minimum Gasteiger partial charge on any atom is -0.496 e. The number of carbonyl (C=O) groups is 1. The van der Waals surface area contributed by atoms with Crippen LogP contribution in [0.25, 0.3) is 0 Å². The van der Waals surface area contributed by atoms with Gasteiger partial charge in [0.2, 0.25) is 0 Å². The molecule has 28 heavy (non-hydrogen) atoms. The molecule has 2 aromatic rings. The van der Waals surface area contributed by atoms with Crippen molar-refractivity contribution >= 4 is 34.5 Å². The number of pyridine rings is 1. The van der Waals surface area contributed by atoms with Crippen LogP contribution in [0.4, 0.5) is 5.69 Å². The number of methoxy groups -OCH3 is 1. The molecule has 2 heterocycles. The van der Waals surface area contributed by atoms with Crippen molar-refractivity contribution in [3.8, 4) is 5.75 Å². The number of carbonyl (C=O) groups excluding carboxylic acids is 1. The Morgan fingerprint density at radius 2 is 2.07 bits per heavy atom. The summed E-state index contributed by atoms with van der Waals surface area (Å²) < 4.78 is 27.5. The largest absolute Gasteiger partial charge is 0.496 e. The summed E-state index contributed by atoms with van der Waals surface area (Å²) in [6.45, 7) is 3.35. The molecule has 1 saturated heterocycles. The lowest BCUT2D eigenvalue weighted by molar-refractivity contribution is 0.0625. The lowest BCUT2D eigenvalue weighted by Gasteiger charge is -2.35. The van der Waals surface area contributed by atoms with Gasteiger partial charge in [-0.05, 0) is 23.8 Å². The van der Waals surface area contributed by atoms with Gasteiger partial charge >= 0.3 is 0 Å². The number of amides is 1. The molecule has 0 aliphatic carbocycles. The third kappa shape index (κ3) is 4.99. The van der Waals surface area contributed by atoms with Gasteiger partial charge in [-0.25, -0.2) is 4.21 Å². The molecule has 150 valence electrons. The summed E-state index contributed by atoms with van der Waals surface area (Å²) in [6, 6.07) is 6.60. The molecule has 0 saturated carbocycles. The first-order chi connectivity index (χ1) is 13.5. The highest BCUT2D eigenvalue weighted by Gasteiger charge is 2.25. The Hall–Kier alpha value is -2.20. The van der Waals surface area contributed by atoms with Gasteiger partial charge in [0.05, 0.1) is 23.4 Å². The fourth-order valence-electron chi connectivity index (χ4n) is 3.08. The van der Waals surface area contributed by atoms with Crippen molar-refractivity contribution in [1.82, 2.24) is 14.8 Å². The Morgan fingerprint density at radius 1 is 1.32 bits per heavy atom. The number of hydrogen-bond donors (Lipinski definition) is 2. The second-order valence-electron chi connectivity index (χ2n) is 6.30. The Balaban J connectivity index is 1.63. The second kappa shape index (κ2) is 9.33. The lowest BCUT2D eigenvalue weighted by atomic mass is 10.1. The Kier molecular flexibility index (Phi) is 6.84. The van der Waals surface area contributed by atoms with Crippen LogP contribution in [0.5, 0.6) is 5.75 Å². The molecule has 0 bridgehead atoms. The summed E-state index contributed by atoms with van der Waals surface area (Å²) in [7, 11) is 1.46. The first-order valence-electron chi connectivity index (χ1n) is 8.63. The van der Waals surface area contributed by atoms with E-state index in [0.29, 0.717) is 41.7 Å². The van der Waals surface area contributed by atoms with Crippen LogP contribution < -0.4 is 9.46 Å². The monoisotopic (exact) mass is 424 g/mol. The SMILES string of the molecule is COc1cc(NS(=O)O)ccc1C(=O)N1CCN(Cc2ccncc2Cl)CC1. The number of hydrogen-bond acceptors (Lipinski definition) is 5. The molecule has 1 fully saturated rings. The van der Waals surface area contributed by atoms with E-state index in [1.54, 1.807) is 29.4 Å². The Labute approximate surface area is 170 Å². The van der Waals surface area contributed by atoms with E-state index in [0.717, 1.165) is 18.7 Å². The van der Waals surface area contributed by atoms with Gasteiger partial charge in [0.15, 0.2) is 0 Å². The molecular weight excluding hydrogens is 404 g/mol. The normalized spacial score (nSPS) is 15.9. The number of benzene rings is 1. The summed E-state index contributed by atoms with van der Waals surface area (Å²) in [5.74, 6) is 0.224. The van der Waals surface area contributed by atoms with Crippen LogP contribution in [-0.4, -0.2) is 62.7 Å². The molecule has 8 nitrogen and oxygen atoms in total. The second-order valence-corrected chi connectivity index (χ2v) is 7.41. The molecule has 0 radical (unpaired) electrons. The van der Waals surface area contributed by atoms with Crippen molar-refractivity contribution in [2.75, 3.05) is 38.0 Å². The van der Waals surface area contributed by atoms with Crippen LogP contribution in [0.1, 0.15) is 15.9 Å². The van der Waals surface area contributed by atoms with Gasteiger partial charge < -0.3 is 9.64 Å². The summed E-state index contributed by atoms with van der Waals surface area (Å²) >= 11 is 3.98. The van der Waals surface area contributed by atoms with Crippen LogP contribution >= 0.6 is 11.6 Å². The number of halogens is 1. The Bertz CT molecular complexity index is 874.